The van der Waals surface area contributed by atoms with Crippen molar-refractivity contribution in [3.05, 3.63) is 0 Å². The van der Waals surface area contributed by atoms with E-state index in [1.807, 2.05) is 0 Å². The summed E-state index contributed by atoms with van der Waals surface area (Å²) in [5, 5.41) is 0. The van der Waals surface area contributed by atoms with Gasteiger partial charge in [0.15, 0.2) is 6.04 Å². The van der Waals surface area contributed by atoms with Crippen LogP contribution in [-0.2, 0) is 4.79 Å². The zero-order valence-corrected chi connectivity index (χ0v) is 10.1. The van der Waals surface area contributed by atoms with Crippen LogP contribution in [0.15, 0.2) is 0 Å². The number of alkyl halides is 3. The Balaban J connectivity index is 0.00000225. The first-order chi connectivity index (χ1) is 6.93. The molecule has 0 aromatic heterocycles. The molecule has 0 spiro atoms. The van der Waals surface area contributed by atoms with Crippen LogP contribution < -0.4 is 5.73 Å². The first-order valence-corrected chi connectivity index (χ1v) is 5.77. The largest absolute Gasteiger partial charge is 0.412 e. The molecule has 1 rings (SSSR count). The van der Waals surface area contributed by atoms with Crippen molar-refractivity contribution in [1.82, 2.24) is 4.90 Å². The predicted octanol–water partition coefficient (Wildman–Crippen LogP) is 1.26. The molecule has 16 heavy (non-hydrogen) atoms. The molecule has 1 saturated heterocycles. The molecular formula is C8H14ClF3N2OS. The Kier molecular flexibility index (Phi) is 6.50. The summed E-state index contributed by atoms with van der Waals surface area (Å²) in [6.45, 7) is 0.725. The number of amides is 1. The number of hydrogen-bond acceptors (Lipinski definition) is 3. The maximum absolute atomic E-state index is 12.2. The van der Waals surface area contributed by atoms with Gasteiger partial charge in [-0.25, -0.2) is 0 Å². The first kappa shape index (κ1) is 15.9. The van der Waals surface area contributed by atoms with Crippen LogP contribution in [-0.4, -0.2) is 47.6 Å². The van der Waals surface area contributed by atoms with E-state index in [-0.39, 0.29) is 12.4 Å². The SMILES string of the molecule is Cl.NC(C(=O)N1CCCSCC1)C(F)(F)F. The molecule has 0 radical (unpaired) electrons. The second-order valence-corrected chi connectivity index (χ2v) is 4.54. The van der Waals surface area contributed by atoms with Crippen molar-refractivity contribution in [1.29, 1.82) is 0 Å². The molecule has 0 aromatic rings. The topological polar surface area (TPSA) is 46.3 Å². The molecule has 1 heterocycles. The van der Waals surface area contributed by atoms with Gasteiger partial charge in [-0.1, -0.05) is 0 Å². The molecule has 1 aliphatic rings. The van der Waals surface area contributed by atoms with Crippen molar-refractivity contribution >= 4 is 30.1 Å². The van der Waals surface area contributed by atoms with Crippen LogP contribution in [0.2, 0.25) is 0 Å². The lowest BCUT2D eigenvalue weighted by molar-refractivity contribution is -0.169. The highest BCUT2D eigenvalue weighted by atomic mass is 35.5. The molecule has 1 amide bonds. The summed E-state index contributed by atoms with van der Waals surface area (Å²) in [4.78, 5) is 12.6. The molecule has 1 atom stereocenters. The molecule has 0 saturated carbocycles. The number of hydrogen-bond donors (Lipinski definition) is 1. The van der Waals surface area contributed by atoms with Crippen molar-refractivity contribution in [3.8, 4) is 0 Å². The van der Waals surface area contributed by atoms with Crippen LogP contribution in [0.5, 0.6) is 0 Å². The van der Waals surface area contributed by atoms with Crippen molar-refractivity contribution in [2.24, 2.45) is 5.73 Å². The van der Waals surface area contributed by atoms with E-state index in [4.69, 9.17) is 5.73 Å². The molecule has 0 aliphatic carbocycles. The minimum atomic E-state index is -4.64. The fourth-order valence-corrected chi connectivity index (χ4v) is 2.19. The summed E-state index contributed by atoms with van der Waals surface area (Å²) in [5.41, 5.74) is 4.85. The molecule has 96 valence electrons. The summed E-state index contributed by atoms with van der Waals surface area (Å²) >= 11 is 1.64. The molecule has 2 N–H and O–H groups in total. The fourth-order valence-electron chi connectivity index (χ4n) is 1.30. The van der Waals surface area contributed by atoms with Crippen LogP contribution >= 0.6 is 24.2 Å². The highest BCUT2D eigenvalue weighted by molar-refractivity contribution is 7.99. The van der Waals surface area contributed by atoms with E-state index < -0.39 is 18.1 Å². The molecule has 3 nitrogen and oxygen atoms in total. The molecule has 1 fully saturated rings. The van der Waals surface area contributed by atoms with E-state index in [9.17, 15) is 18.0 Å². The normalized spacial score (nSPS) is 19.6. The maximum Gasteiger partial charge on any atom is 0.412 e. The number of carbonyl (C=O) groups is 1. The molecule has 8 heteroatoms. The number of halogens is 4. The Hall–Kier alpha value is -0.140. The Labute approximate surface area is 102 Å². The molecule has 1 aliphatic heterocycles. The van der Waals surface area contributed by atoms with Crippen molar-refractivity contribution in [3.63, 3.8) is 0 Å². The van der Waals surface area contributed by atoms with Crippen LogP contribution in [0.25, 0.3) is 0 Å². The van der Waals surface area contributed by atoms with Gasteiger partial charge in [-0.3, -0.25) is 4.79 Å². The summed E-state index contributed by atoms with van der Waals surface area (Å²) in [6, 6.07) is -2.37. The lowest BCUT2D eigenvalue weighted by atomic mass is 10.2. The van der Waals surface area contributed by atoms with Gasteiger partial charge in [0.25, 0.3) is 0 Å². The fraction of sp³-hybridized carbons (Fsp3) is 0.875. The zero-order chi connectivity index (χ0) is 11.5. The summed E-state index contributed by atoms with van der Waals surface area (Å²) < 4.78 is 36.5. The second kappa shape index (κ2) is 6.56. The highest BCUT2D eigenvalue weighted by Crippen LogP contribution is 2.21. The minimum Gasteiger partial charge on any atom is -0.340 e. The minimum absolute atomic E-state index is 0. The Morgan fingerprint density at radius 3 is 2.50 bits per heavy atom. The number of thioether (sulfide) groups is 1. The molecule has 1 unspecified atom stereocenters. The summed E-state index contributed by atoms with van der Waals surface area (Å²) in [5.74, 6) is 0.548. The lowest BCUT2D eigenvalue weighted by Gasteiger charge is -2.24. The van der Waals surface area contributed by atoms with E-state index in [2.05, 4.69) is 0 Å². The van der Waals surface area contributed by atoms with Gasteiger partial charge in [0, 0.05) is 18.8 Å². The Morgan fingerprint density at radius 2 is 1.94 bits per heavy atom. The van der Waals surface area contributed by atoms with E-state index in [0.29, 0.717) is 18.8 Å². The number of carbonyl (C=O) groups excluding carboxylic acids is 1. The van der Waals surface area contributed by atoms with Crippen molar-refractivity contribution in [2.75, 3.05) is 24.6 Å². The van der Waals surface area contributed by atoms with E-state index in [1.165, 1.54) is 4.90 Å². The zero-order valence-electron chi connectivity index (χ0n) is 8.50. The van der Waals surface area contributed by atoms with Gasteiger partial charge >= 0.3 is 6.18 Å². The number of nitrogens with zero attached hydrogens (tertiary/aromatic N) is 1. The number of rotatable bonds is 1. The predicted molar refractivity (Wildman–Crippen MR) is 59.8 cm³/mol. The van der Waals surface area contributed by atoms with Crippen LogP contribution in [0.4, 0.5) is 13.2 Å². The Morgan fingerprint density at radius 1 is 1.31 bits per heavy atom. The third-order valence-corrected chi connectivity index (χ3v) is 3.20. The van der Waals surface area contributed by atoms with Crippen molar-refractivity contribution < 1.29 is 18.0 Å². The van der Waals surface area contributed by atoms with Gasteiger partial charge in [0.2, 0.25) is 5.91 Å². The van der Waals surface area contributed by atoms with Crippen LogP contribution in [0.1, 0.15) is 6.42 Å². The van der Waals surface area contributed by atoms with E-state index >= 15 is 0 Å². The van der Waals surface area contributed by atoms with Gasteiger partial charge in [-0.05, 0) is 12.2 Å². The van der Waals surface area contributed by atoms with Gasteiger partial charge in [-0.2, -0.15) is 24.9 Å². The van der Waals surface area contributed by atoms with E-state index in [0.717, 1.165) is 12.2 Å². The standard InChI is InChI=1S/C8H13F3N2OS.ClH/c9-8(10,11)6(12)7(14)13-2-1-4-15-5-3-13;/h6H,1-5,12H2;1H. The van der Waals surface area contributed by atoms with Gasteiger partial charge in [-0.15, -0.1) is 12.4 Å². The van der Waals surface area contributed by atoms with Crippen LogP contribution in [0.3, 0.4) is 0 Å². The number of nitrogens with two attached hydrogens (primary N) is 1. The van der Waals surface area contributed by atoms with Gasteiger partial charge in [0.05, 0.1) is 0 Å². The lowest BCUT2D eigenvalue weighted by Crippen LogP contribution is -2.52. The van der Waals surface area contributed by atoms with Gasteiger partial charge in [0.1, 0.15) is 0 Å². The molecule has 0 bridgehead atoms. The van der Waals surface area contributed by atoms with Crippen LogP contribution in [0, 0.1) is 0 Å². The maximum atomic E-state index is 12.2. The quantitative estimate of drug-likeness (QED) is 0.786. The smallest absolute Gasteiger partial charge is 0.340 e. The average Bonchev–Trinajstić information content (AvgIpc) is 2.42. The first-order valence-electron chi connectivity index (χ1n) is 4.62. The van der Waals surface area contributed by atoms with E-state index in [1.54, 1.807) is 11.8 Å². The monoisotopic (exact) mass is 278 g/mol. The molecular weight excluding hydrogens is 265 g/mol. The molecule has 0 aromatic carbocycles. The van der Waals surface area contributed by atoms with Gasteiger partial charge < -0.3 is 10.6 Å². The third kappa shape index (κ3) is 4.39. The van der Waals surface area contributed by atoms with Crippen molar-refractivity contribution in [2.45, 2.75) is 18.6 Å². The highest BCUT2D eigenvalue weighted by Gasteiger charge is 2.43. The second-order valence-electron chi connectivity index (χ2n) is 3.31. The Bertz CT molecular complexity index is 232. The summed E-state index contributed by atoms with van der Waals surface area (Å²) in [6.07, 6.45) is -3.92. The summed E-state index contributed by atoms with van der Waals surface area (Å²) in [7, 11) is 0. The average molecular weight is 279 g/mol. The third-order valence-electron chi connectivity index (χ3n) is 2.15.